The molecule has 9 nitrogen and oxygen atoms in total. The number of aliphatic hydroxyl groups excluding tert-OH is 1. The zero-order valence-electron chi connectivity index (χ0n) is 22.7. The molecule has 40 heavy (non-hydrogen) atoms. The summed E-state index contributed by atoms with van der Waals surface area (Å²) in [7, 11) is 1.52. The smallest absolute Gasteiger partial charge is 0.422 e. The number of fused-ring (bicyclic) bond motifs is 1. The summed E-state index contributed by atoms with van der Waals surface area (Å²) >= 11 is 0. The van der Waals surface area contributed by atoms with Crippen LogP contribution >= 0.6 is 0 Å². The maximum atomic E-state index is 13.9. The number of hydrogen-bond donors (Lipinski definition) is 2. The van der Waals surface area contributed by atoms with Crippen molar-refractivity contribution in [3.8, 4) is 5.75 Å². The van der Waals surface area contributed by atoms with E-state index in [0.717, 1.165) is 11.1 Å². The summed E-state index contributed by atoms with van der Waals surface area (Å²) in [5.41, 5.74) is 2.09. The van der Waals surface area contributed by atoms with Crippen LogP contribution in [-0.4, -0.2) is 69.5 Å². The molecule has 0 aliphatic carbocycles. The first-order valence-corrected chi connectivity index (χ1v) is 13.1. The first kappa shape index (κ1) is 29.2. The third-order valence-corrected chi connectivity index (χ3v) is 7.37. The summed E-state index contributed by atoms with van der Waals surface area (Å²) < 4.78 is 47.9. The van der Waals surface area contributed by atoms with Gasteiger partial charge in [-0.15, -0.1) is 0 Å². The highest BCUT2D eigenvalue weighted by molar-refractivity contribution is 6.04. The van der Waals surface area contributed by atoms with Gasteiger partial charge in [-0.2, -0.15) is 13.2 Å². The molecule has 3 aromatic rings. The number of pyridine rings is 1. The molecule has 12 heteroatoms. The van der Waals surface area contributed by atoms with E-state index in [4.69, 9.17) is 9.84 Å². The lowest BCUT2D eigenvalue weighted by Gasteiger charge is -2.32. The van der Waals surface area contributed by atoms with Crippen molar-refractivity contribution < 1.29 is 32.6 Å². The molecule has 1 saturated heterocycles. The number of aliphatic hydroxyl groups is 1. The molecule has 2 amide bonds. The van der Waals surface area contributed by atoms with Gasteiger partial charge in [0.15, 0.2) is 18.1 Å². The number of likely N-dealkylation sites (tertiary alicyclic amines) is 1. The van der Waals surface area contributed by atoms with E-state index in [2.05, 4.69) is 5.32 Å². The van der Waals surface area contributed by atoms with Gasteiger partial charge < -0.3 is 29.2 Å². The molecule has 3 heterocycles. The van der Waals surface area contributed by atoms with Crippen LogP contribution in [0.5, 0.6) is 5.75 Å². The zero-order valence-corrected chi connectivity index (χ0v) is 22.7. The second-order valence-electron chi connectivity index (χ2n) is 9.99. The van der Waals surface area contributed by atoms with Gasteiger partial charge in [0.05, 0.1) is 12.1 Å². The highest BCUT2D eigenvalue weighted by Gasteiger charge is 2.34. The fourth-order valence-corrected chi connectivity index (χ4v) is 5.15. The van der Waals surface area contributed by atoms with Crippen LogP contribution in [0, 0.1) is 6.92 Å². The number of carbonyl (C=O) groups is 2. The zero-order chi connectivity index (χ0) is 29.2. The first-order chi connectivity index (χ1) is 18.9. The predicted molar refractivity (Wildman–Crippen MR) is 143 cm³/mol. The fourth-order valence-electron chi connectivity index (χ4n) is 5.15. The number of aryl methyl sites for hydroxylation is 3. The van der Waals surface area contributed by atoms with E-state index in [0.29, 0.717) is 43.6 Å². The number of alkyl halides is 3. The van der Waals surface area contributed by atoms with Gasteiger partial charge in [0.1, 0.15) is 12.0 Å². The van der Waals surface area contributed by atoms with E-state index in [1.54, 1.807) is 6.07 Å². The van der Waals surface area contributed by atoms with Crippen molar-refractivity contribution in [3.05, 3.63) is 63.2 Å². The second kappa shape index (κ2) is 11.7. The van der Waals surface area contributed by atoms with Crippen molar-refractivity contribution in [3.63, 3.8) is 0 Å². The number of amides is 2. The van der Waals surface area contributed by atoms with Crippen molar-refractivity contribution in [2.24, 2.45) is 7.05 Å². The Morgan fingerprint density at radius 1 is 1.18 bits per heavy atom. The summed E-state index contributed by atoms with van der Waals surface area (Å²) in [5, 5.41) is 11.8. The van der Waals surface area contributed by atoms with Crippen molar-refractivity contribution in [2.45, 2.75) is 51.9 Å². The largest absolute Gasteiger partial charge is 0.481 e. The maximum Gasteiger partial charge on any atom is 0.422 e. The molecule has 1 fully saturated rings. The monoisotopic (exact) mass is 562 g/mol. The number of halogens is 3. The predicted octanol–water partition coefficient (Wildman–Crippen LogP) is 2.91. The van der Waals surface area contributed by atoms with E-state index in [1.165, 1.54) is 21.1 Å². The Morgan fingerprint density at radius 3 is 2.45 bits per heavy atom. The number of hydrogen-bond acceptors (Lipinski definition) is 5. The molecule has 2 N–H and O–H groups in total. The first-order valence-electron chi connectivity index (χ1n) is 13.1. The van der Waals surface area contributed by atoms with Gasteiger partial charge in [0.2, 0.25) is 5.91 Å². The van der Waals surface area contributed by atoms with E-state index < -0.39 is 42.5 Å². The SMILES string of the molecule is CCc1cc2c(c(OCC(F)(F)F)c(C(=O)NC3CCN(C(=O)CO)CC3)n2C)c(=O)n1Cc1ccccc1C. The minimum Gasteiger partial charge on any atom is -0.481 e. The van der Waals surface area contributed by atoms with Gasteiger partial charge >= 0.3 is 6.18 Å². The van der Waals surface area contributed by atoms with E-state index >= 15 is 0 Å². The molecule has 0 unspecified atom stereocenters. The van der Waals surface area contributed by atoms with E-state index in [-0.39, 0.29) is 23.7 Å². The van der Waals surface area contributed by atoms with E-state index in [9.17, 15) is 27.6 Å². The number of carbonyl (C=O) groups excluding carboxylic acids is 2. The number of benzene rings is 1. The van der Waals surface area contributed by atoms with Crippen LogP contribution < -0.4 is 15.6 Å². The topological polar surface area (TPSA) is 106 Å². The highest BCUT2D eigenvalue weighted by Crippen LogP contribution is 2.33. The van der Waals surface area contributed by atoms with Crippen LogP contribution in [-0.2, 0) is 24.8 Å². The molecule has 1 aromatic carbocycles. The average Bonchev–Trinajstić information content (AvgIpc) is 3.20. The van der Waals surface area contributed by atoms with Crippen LogP contribution in [0.15, 0.2) is 35.1 Å². The Hall–Kier alpha value is -3.80. The minimum atomic E-state index is -4.69. The molecule has 0 bridgehead atoms. The van der Waals surface area contributed by atoms with Crippen LogP contribution in [0.3, 0.4) is 0 Å². The normalized spacial score (nSPS) is 14.5. The van der Waals surface area contributed by atoms with Crippen molar-refractivity contribution in [2.75, 3.05) is 26.3 Å². The minimum absolute atomic E-state index is 0.0916. The maximum absolute atomic E-state index is 13.9. The lowest BCUT2D eigenvalue weighted by molar-refractivity contribution is -0.153. The van der Waals surface area contributed by atoms with Gasteiger partial charge in [0.25, 0.3) is 11.5 Å². The Kier molecular flexibility index (Phi) is 8.57. The molecule has 0 spiro atoms. The molecular weight excluding hydrogens is 529 g/mol. The van der Waals surface area contributed by atoms with Crippen LogP contribution in [0.2, 0.25) is 0 Å². The molecular formula is C28H33F3N4O5. The molecule has 0 saturated carbocycles. The summed E-state index contributed by atoms with van der Waals surface area (Å²) in [4.78, 5) is 40.6. The number of aromatic nitrogens is 2. The van der Waals surface area contributed by atoms with Gasteiger partial charge in [-0.05, 0) is 43.4 Å². The standard InChI is InChI=1S/C28H33F3N4O5/c1-4-20-13-21-23(27(39)35(20)14-18-8-6-5-7-17(18)2)25(40-16-28(29,30)31)24(33(21)3)26(38)32-19-9-11-34(12-10-19)22(37)15-36/h5-8,13,19,36H,4,9-12,14-16H2,1-3H3,(H,32,38). The van der Waals surface area contributed by atoms with Crippen LogP contribution in [0.25, 0.3) is 10.9 Å². The third kappa shape index (κ3) is 6.01. The summed E-state index contributed by atoms with van der Waals surface area (Å²) in [5.74, 6) is -1.49. The van der Waals surface area contributed by atoms with Gasteiger partial charge in [-0.25, -0.2) is 0 Å². The Labute approximate surface area is 229 Å². The number of nitrogens with zero attached hydrogens (tertiary/aromatic N) is 3. The van der Waals surface area contributed by atoms with Gasteiger partial charge in [0, 0.05) is 31.9 Å². The number of piperidine rings is 1. The third-order valence-electron chi connectivity index (χ3n) is 7.37. The molecule has 1 aliphatic rings. The molecule has 2 aromatic heterocycles. The number of nitrogens with one attached hydrogen (secondary N) is 1. The molecule has 216 valence electrons. The number of ether oxygens (including phenoxy) is 1. The Balaban J connectivity index is 1.77. The quantitative estimate of drug-likeness (QED) is 0.439. The number of rotatable bonds is 8. The average molecular weight is 563 g/mol. The lowest BCUT2D eigenvalue weighted by atomic mass is 10.0. The highest BCUT2D eigenvalue weighted by atomic mass is 19.4. The van der Waals surface area contributed by atoms with Gasteiger partial charge in [-0.1, -0.05) is 31.2 Å². The molecule has 1 aliphatic heterocycles. The summed E-state index contributed by atoms with van der Waals surface area (Å²) in [6.45, 7) is 2.37. The fraction of sp³-hybridized carbons (Fsp3) is 0.464. The van der Waals surface area contributed by atoms with Crippen LogP contribution in [0.4, 0.5) is 13.2 Å². The summed E-state index contributed by atoms with van der Waals surface area (Å²) in [6.07, 6.45) is -3.40. The molecule has 4 rings (SSSR count). The van der Waals surface area contributed by atoms with E-state index in [1.807, 2.05) is 38.1 Å². The van der Waals surface area contributed by atoms with Crippen molar-refractivity contribution in [1.82, 2.24) is 19.4 Å². The molecule has 0 radical (unpaired) electrons. The Morgan fingerprint density at radius 2 is 1.85 bits per heavy atom. The summed E-state index contributed by atoms with van der Waals surface area (Å²) in [6, 6.07) is 8.89. The second-order valence-corrected chi connectivity index (χ2v) is 9.99. The Bertz CT molecular complexity index is 1470. The van der Waals surface area contributed by atoms with Crippen molar-refractivity contribution in [1.29, 1.82) is 0 Å². The molecule has 0 atom stereocenters. The van der Waals surface area contributed by atoms with Crippen molar-refractivity contribution >= 4 is 22.7 Å². The van der Waals surface area contributed by atoms with Gasteiger partial charge in [-0.3, -0.25) is 14.4 Å². The van der Waals surface area contributed by atoms with Crippen LogP contribution in [0.1, 0.15) is 47.1 Å². The lowest BCUT2D eigenvalue weighted by Crippen LogP contribution is -2.47.